The number of furan rings is 1. The number of aliphatic hydroxyl groups excluding tert-OH is 1. The van der Waals surface area contributed by atoms with Crippen LogP contribution in [0.15, 0.2) is 22.8 Å². The van der Waals surface area contributed by atoms with Crippen LogP contribution >= 0.6 is 0 Å². The molecule has 1 heterocycles. The van der Waals surface area contributed by atoms with Crippen molar-refractivity contribution in [3.05, 3.63) is 24.2 Å². The summed E-state index contributed by atoms with van der Waals surface area (Å²) in [6.07, 6.45) is 3.35. The van der Waals surface area contributed by atoms with Gasteiger partial charge in [-0.15, -0.1) is 11.8 Å². The summed E-state index contributed by atoms with van der Waals surface area (Å²) in [7, 11) is 0. The maximum atomic E-state index is 9.43. The van der Waals surface area contributed by atoms with Gasteiger partial charge in [0.05, 0.1) is 12.4 Å². The molecule has 2 heteroatoms. The molecule has 0 aliphatic heterocycles. The molecule has 0 bridgehead atoms. The summed E-state index contributed by atoms with van der Waals surface area (Å²) >= 11 is 0. The van der Waals surface area contributed by atoms with Crippen LogP contribution in [0.4, 0.5) is 0 Å². The maximum absolute atomic E-state index is 9.43. The van der Waals surface area contributed by atoms with E-state index in [0.717, 1.165) is 12.2 Å². The Balaban J connectivity index is 2.21. The zero-order chi connectivity index (χ0) is 9.52. The molecule has 0 aliphatic carbocycles. The lowest BCUT2D eigenvalue weighted by Crippen LogP contribution is -2.06. The highest BCUT2D eigenvalue weighted by Gasteiger charge is 2.03. The maximum Gasteiger partial charge on any atom is 0.103 e. The van der Waals surface area contributed by atoms with E-state index in [1.165, 1.54) is 0 Å². The molecular weight excluding hydrogens is 164 g/mol. The Labute approximate surface area is 78.6 Å². The third-order valence-corrected chi connectivity index (χ3v) is 1.82. The van der Waals surface area contributed by atoms with E-state index in [9.17, 15) is 5.11 Å². The van der Waals surface area contributed by atoms with Crippen molar-refractivity contribution < 1.29 is 9.52 Å². The fourth-order valence-corrected chi connectivity index (χ4v) is 1.09. The zero-order valence-corrected chi connectivity index (χ0v) is 7.79. The Hall–Kier alpha value is -1.20. The molecule has 1 aromatic rings. The highest BCUT2D eigenvalue weighted by atomic mass is 16.3. The van der Waals surface area contributed by atoms with Crippen LogP contribution in [0.3, 0.4) is 0 Å². The molecule has 1 aromatic heterocycles. The minimum absolute atomic E-state index is 0.336. The third-order valence-electron chi connectivity index (χ3n) is 1.82. The van der Waals surface area contributed by atoms with Crippen molar-refractivity contribution in [1.29, 1.82) is 0 Å². The van der Waals surface area contributed by atoms with Gasteiger partial charge in [0.15, 0.2) is 0 Å². The van der Waals surface area contributed by atoms with Gasteiger partial charge in [-0.2, -0.15) is 0 Å². The minimum Gasteiger partial charge on any atom is -0.469 e. The Kier molecular flexibility index (Phi) is 4.14. The molecule has 0 aromatic carbocycles. The fraction of sp³-hybridized carbons (Fsp3) is 0.455. The van der Waals surface area contributed by atoms with Crippen molar-refractivity contribution in [2.24, 2.45) is 0 Å². The zero-order valence-electron chi connectivity index (χ0n) is 7.79. The lowest BCUT2D eigenvalue weighted by Gasteiger charge is -2.04. The Morgan fingerprint density at radius 3 is 3.08 bits per heavy atom. The Morgan fingerprint density at radius 1 is 1.62 bits per heavy atom. The van der Waals surface area contributed by atoms with Gasteiger partial charge in [0.25, 0.3) is 0 Å². The molecular formula is C11H14O2. The first-order valence-electron chi connectivity index (χ1n) is 4.43. The van der Waals surface area contributed by atoms with Crippen molar-refractivity contribution in [1.82, 2.24) is 0 Å². The SMILES string of the molecule is CC#CCC(O)CCc1ccco1. The third kappa shape index (κ3) is 3.82. The lowest BCUT2D eigenvalue weighted by molar-refractivity contribution is 0.168. The molecule has 1 rings (SSSR count). The second kappa shape index (κ2) is 5.45. The van der Waals surface area contributed by atoms with Crippen LogP contribution in [0, 0.1) is 11.8 Å². The molecule has 13 heavy (non-hydrogen) atoms. The van der Waals surface area contributed by atoms with Crippen LogP contribution in [-0.4, -0.2) is 11.2 Å². The van der Waals surface area contributed by atoms with Crippen molar-refractivity contribution in [2.75, 3.05) is 0 Å². The van der Waals surface area contributed by atoms with Gasteiger partial charge in [0, 0.05) is 12.8 Å². The van der Waals surface area contributed by atoms with Gasteiger partial charge in [0.1, 0.15) is 5.76 Å². The van der Waals surface area contributed by atoms with Gasteiger partial charge in [-0.3, -0.25) is 0 Å². The smallest absolute Gasteiger partial charge is 0.103 e. The van der Waals surface area contributed by atoms with Gasteiger partial charge in [-0.25, -0.2) is 0 Å². The van der Waals surface area contributed by atoms with Crippen LogP contribution < -0.4 is 0 Å². The van der Waals surface area contributed by atoms with Gasteiger partial charge < -0.3 is 9.52 Å². The fourth-order valence-electron chi connectivity index (χ4n) is 1.09. The predicted octanol–water partition coefficient (Wildman–Crippen LogP) is 1.99. The van der Waals surface area contributed by atoms with E-state index in [2.05, 4.69) is 11.8 Å². The highest BCUT2D eigenvalue weighted by molar-refractivity contribution is 5.00. The molecule has 0 saturated carbocycles. The summed E-state index contributed by atoms with van der Waals surface area (Å²) in [4.78, 5) is 0. The average Bonchev–Trinajstić information content (AvgIpc) is 2.64. The van der Waals surface area contributed by atoms with Crippen molar-refractivity contribution in [3.8, 4) is 11.8 Å². The molecule has 0 amide bonds. The summed E-state index contributed by atoms with van der Waals surface area (Å²) in [6, 6.07) is 3.77. The first-order valence-corrected chi connectivity index (χ1v) is 4.43. The van der Waals surface area contributed by atoms with Gasteiger partial charge >= 0.3 is 0 Å². The summed E-state index contributed by atoms with van der Waals surface area (Å²) in [6.45, 7) is 1.78. The van der Waals surface area contributed by atoms with Gasteiger partial charge in [-0.1, -0.05) is 0 Å². The monoisotopic (exact) mass is 178 g/mol. The molecule has 2 nitrogen and oxygen atoms in total. The van der Waals surface area contributed by atoms with E-state index in [-0.39, 0.29) is 6.10 Å². The van der Waals surface area contributed by atoms with Gasteiger partial charge in [0.2, 0.25) is 0 Å². The minimum atomic E-state index is -0.336. The number of aryl methyl sites for hydroxylation is 1. The van der Waals surface area contributed by atoms with Crippen LogP contribution in [0.25, 0.3) is 0 Å². The Bertz CT molecular complexity index is 277. The van der Waals surface area contributed by atoms with Crippen LogP contribution in [-0.2, 0) is 6.42 Å². The molecule has 0 spiro atoms. The highest BCUT2D eigenvalue weighted by Crippen LogP contribution is 2.07. The molecule has 70 valence electrons. The van der Waals surface area contributed by atoms with Crippen molar-refractivity contribution >= 4 is 0 Å². The van der Waals surface area contributed by atoms with Crippen LogP contribution in [0.1, 0.15) is 25.5 Å². The van der Waals surface area contributed by atoms with Crippen LogP contribution in [0.5, 0.6) is 0 Å². The second-order valence-corrected chi connectivity index (χ2v) is 2.90. The van der Waals surface area contributed by atoms with Gasteiger partial charge in [-0.05, 0) is 25.5 Å². The van der Waals surface area contributed by atoms with E-state index >= 15 is 0 Å². The normalized spacial score (nSPS) is 11.8. The number of rotatable bonds is 4. The first-order chi connectivity index (χ1) is 6.33. The average molecular weight is 178 g/mol. The molecule has 0 fully saturated rings. The molecule has 1 unspecified atom stereocenters. The number of hydrogen-bond acceptors (Lipinski definition) is 2. The lowest BCUT2D eigenvalue weighted by atomic mass is 10.1. The number of hydrogen-bond donors (Lipinski definition) is 1. The largest absolute Gasteiger partial charge is 0.469 e. The molecule has 0 saturated heterocycles. The summed E-state index contributed by atoms with van der Waals surface area (Å²) < 4.78 is 5.14. The van der Waals surface area contributed by atoms with Crippen molar-refractivity contribution in [3.63, 3.8) is 0 Å². The molecule has 0 radical (unpaired) electrons. The van der Waals surface area contributed by atoms with Crippen LogP contribution in [0.2, 0.25) is 0 Å². The Morgan fingerprint density at radius 2 is 2.46 bits per heavy atom. The van der Waals surface area contributed by atoms with E-state index in [4.69, 9.17) is 4.42 Å². The second-order valence-electron chi connectivity index (χ2n) is 2.90. The van der Waals surface area contributed by atoms with Crippen molar-refractivity contribution in [2.45, 2.75) is 32.3 Å². The van der Waals surface area contributed by atoms with E-state index in [0.29, 0.717) is 12.8 Å². The summed E-state index contributed by atoms with van der Waals surface area (Å²) in [5.74, 6) is 6.53. The standard InChI is InChI=1S/C11H14O2/c1-2-3-5-10(12)7-8-11-6-4-9-13-11/h4,6,9-10,12H,5,7-8H2,1H3. The van der Waals surface area contributed by atoms with E-state index in [1.54, 1.807) is 13.2 Å². The molecule has 1 N–H and O–H groups in total. The van der Waals surface area contributed by atoms with E-state index in [1.807, 2.05) is 12.1 Å². The summed E-state index contributed by atoms with van der Waals surface area (Å²) in [5.41, 5.74) is 0. The van der Waals surface area contributed by atoms with E-state index < -0.39 is 0 Å². The molecule has 0 aliphatic rings. The number of aliphatic hydroxyl groups is 1. The summed E-state index contributed by atoms with van der Waals surface area (Å²) in [5, 5.41) is 9.43. The first kappa shape index (κ1) is 9.88. The predicted molar refractivity (Wildman–Crippen MR) is 51.1 cm³/mol. The topological polar surface area (TPSA) is 33.4 Å². The molecule has 1 atom stereocenters. The quantitative estimate of drug-likeness (QED) is 0.715.